The molecule has 2 aliphatic carbocycles. The summed E-state index contributed by atoms with van der Waals surface area (Å²) in [6.07, 6.45) is 10.0. The molecule has 1 saturated heterocycles. The number of nitrogens with one attached hydrogen (secondary N) is 2. The highest BCUT2D eigenvalue weighted by Gasteiger charge is 2.46. The van der Waals surface area contributed by atoms with Gasteiger partial charge >= 0.3 is 6.01 Å². The second-order valence-electron chi connectivity index (χ2n) is 14.1. The molecule has 256 valence electrons. The van der Waals surface area contributed by atoms with E-state index in [1.807, 2.05) is 0 Å². The normalized spacial score (nSPS) is 24.6. The van der Waals surface area contributed by atoms with Gasteiger partial charge < -0.3 is 25.2 Å². The molecule has 0 unspecified atom stereocenters. The van der Waals surface area contributed by atoms with E-state index in [2.05, 4.69) is 38.3 Å². The van der Waals surface area contributed by atoms with Crippen LogP contribution >= 0.6 is 0 Å². The van der Waals surface area contributed by atoms with Crippen LogP contribution in [0.25, 0.3) is 32.9 Å². The van der Waals surface area contributed by atoms with Gasteiger partial charge in [0.2, 0.25) is 5.88 Å². The number of hydrogen-bond donors (Lipinski definition) is 3. The maximum atomic E-state index is 17.0. The van der Waals surface area contributed by atoms with E-state index in [-0.39, 0.29) is 74.2 Å². The van der Waals surface area contributed by atoms with Crippen molar-refractivity contribution in [1.82, 2.24) is 25.2 Å². The first kappa shape index (κ1) is 31.9. The zero-order valence-corrected chi connectivity index (χ0v) is 27.4. The molecule has 3 N–H and O–H groups in total. The molecule has 0 amide bonds. The number of nitrogens with zero attached hydrogens (tertiary/aromatic N) is 4. The SMILES string of the molecule is C#Cc1c(F)ccc2cc(O)cc(-c3nc4c5c(nc(OCC6(CN7CCC[C@@H](F)C7)CC6)nc5c3F)NC[C@@H](CC)N[C@H]3C[C@@H]3CO4)c12. The number of benzene rings is 2. The van der Waals surface area contributed by atoms with Crippen molar-refractivity contribution in [3.8, 4) is 41.2 Å². The first-order valence-corrected chi connectivity index (χ1v) is 17.2. The first-order valence-electron chi connectivity index (χ1n) is 17.2. The van der Waals surface area contributed by atoms with E-state index < -0.39 is 17.8 Å². The van der Waals surface area contributed by atoms with Crippen LogP contribution in [0.1, 0.15) is 51.0 Å². The molecular formula is C37H39F3N6O3. The molecule has 0 radical (unpaired) electrons. The molecule has 2 saturated carbocycles. The molecule has 0 bridgehead atoms. The fourth-order valence-corrected chi connectivity index (χ4v) is 7.37. The van der Waals surface area contributed by atoms with Crippen LogP contribution in [-0.2, 0) is 0 Å². The predicted octanol–water partition coefficient (Wildman–Crippen LogP) is 5.96. The Morgan fingerprint density at radius 3 is 2.82 bits per heavy atom. The molecule has 4 aliphatic rings. The zero-order valence-electron chi connectivity index (χ0n) is 27.4. The number of likely N-dealkylation sites (tertiary alicyclic amines) is 1. The number of fused-ring (bicyclic) bond motifs is 2. The third-order valence-corrected chi connectivity index (χ3v) is 10.5. The molecule has 3 fully saturated rings. The monoisotopic (exact) mass is 672 g/mol. The topological polar surface area (TPSA) is 105 Å². The second-order valence-corrected chi connectivity index (χ2v) is 14.1. The number of halogens is 3. The molecule has 2 aromatic carbocycles. The van der Waals surface area contributed by atoms with Crippen molar-refractivity contribution in [2.24, 2.45) is 11.3 Å². The number of pyridine rings is 1. The second kappa shape index (κ2) is 12.5. The fraction of sp³-hybridized carbons (Fsp3) is 0.486. The number of phenols is 1. The standard InChI is InChI=1S/C37H39F3N6O3/c1-3-23-15-41-34-30-33(44-36(45-34)49-19-37(9-10-37)18-46-11-5-6-22(38)16-46)31(40)32(43-35(30)48-17-21-13-28(21)42-23)26-14-24(47)12-20-7-8-27(39)25(4-2)29(20)26/h2,7-8,12,14,21-23,28,42,47H,3,5-6,9-11,13,15-19H2,1H3,(H,41,44,45)/t21-,22-,23-,28+/m1/s1. The first-order chi connectivity index (χ1) is 23.7. The predicted molar refractivity (Wildman–Crippen MR) is 181 cm³/mol. The molecule has 4 aromatic rings. The van der Waals surface area contributed by atoms with Crippen molar-refractivity contribution in [3.05, 3.63) is 41.5 Å². The molecule has 2 aliphatic heterocycles. The van der Waals surface area contributed by atoms with E-state index in [0.717, 1.165) is 45.2 Å². The Kier molecular flexibility index (Phi) is 8.15. The van der Waals surface area contributed by atoms with Crippen LogP contribution < -0.4 is 20.1 Å². The lowest BCUT2D eigenvalue weighted by molar-refractivity contribution is 0.0974. The minimum atomic E-state index is -0.815. The van der Waals surface area contributed by atoms with E-state index in [4.69, 9.17) is 20.9 Å². The number of rotatable bonds is 7. The molecule has 8 rings (SSSR count). The summed E-state index contributed by atoms with van der Waals surface area (Å²) in [5.41, 5.74) is -0.398. The van der Waals surface area contributed by atoms with Crippen LogP contribution in [0.5, 0.6) is 17.6 Å². The maximum absolute atomic E-state index is 17.0. The highest BCUT2D eigenvalue weighted by molar-refractivity contribution is 6.04. The average molecular weight is 673 g/mol. The number of hydrogen-bond acceptors (Lipinski definition) is 9. The Bertz CT molecular complexity index is 1980. The number of ether oxygens (including phenoxy) is 2. The van der Waals surface area contributed by atoms with Crippen LogP contribution in [0.15, 0.2) is 24.3 Å². The van der Waals surface area contributed by atoms with Gasteiger partial charge in [-0.15, -0.1) is 6.42 Å². The summed E-state index contributed by atoms with van der Waals surface area (Å²) in [4.78, 5) is 16.2. The molecular weight excluding hydrogens is 633 g/mol. The molecule has 0 spiro atoms. The highest BCUT2D eigenvalue weighted by atomic mass is 19.1. The summed E-state index contributed by atoms with van der Waals surface area (Å²) in [6, 6.07) is 5.86. The van der Waals surface area contributed by atoms with Crippen molar-refractivity contribution in [3.63, 3.8) is 0 Å². The van der Waals surface area contributed by atoms with Gasteiger partial charge in [0.15, 0.2) is 5.82 Å². The maximum Gasteiger partial charge on any atom is 0.319 e. The van der Waals surface area contributed by atoms with Crippen molar-refractivity contribution in [2.45, 2.75) is 63.7 Å². The molecule has 12 heteroatoms. The Morgan fingerprint density at radius 1 is 1.18 bits per heavy atom. The molecule has 2 aromatic heterocycles. The van der Waals surface area contributed by atoms with E-state index >= 15 is 4.39 Å². The Morgan fingerprint density at radius 2 is 2.04 bits per heavy atom. The third-order valence-electron chi connectivity index (χ3n) is 10.5. The summed E-state index contributed by atoms with van der Waals surface area (Å²) in [7, 11) is 0. The van der Waals surface area contributed by atoms with Gasteiger partial charge in [-0.2, -0.15) is 9.97 Å². The van der Waals surface area contributed by atoms with Gasteiger partial charge in [0.1, 0.15) is 40.2 Å². The van der Waals surface area contributed by atoms with Gasteiger partial charge in [-0.25, -0.2) is 18.2 Å². The van der Waals surface area contributed by atoms with Gasteiger partial charge in [-0.05, 0) is 68.7 Å². The van der Waals surface area contributed by atoms with E-state index in [1.54, 1.807) is 0 Å². The number of piperidine rings is 1. The number of alkyl halides is 1. The van der Waals surface area contributed by atoms with E-state index in [1.165, 1.54) is 24.3 Å². The summed E-state index contributed by atoms with van der Waals surface area (Å²) >= 11 is 0. The van der Waals surface area contributed by atoms with Gasteiger partial charge in [-0.3, -0.25) is 4.90 Å². The molecule has 4 atom stereocenters. The quantitative estimate of drug-likeness (QED) is 0.205. The number of phenolic OH excluding ortho intramolecular Hbond substituents is 1. The number of terminal acetylenes is 1. The van der Waals surface area contributed by atoms with Gasteiger partial charge in [0, 0.05) is 54.0 Å². The minimum absolute atomic E-state index is 0.0138. The third kappa shape index (κ3) is 6.19. The van der Waals surface area contributed by atoms with Crippen molar-refractivity contribution >= 4 is 27.5 Å². The van der Waals surface area contributed by atoms with Crippen molar-refractivity contribution in [1.29, 1.82) is 0 Å². The number of anilines is 1. The lowest BCUT2D eigenvalue weighted by Gasteiger charge is -2.32. The van der Waals surface area contributed by atoms with Gasteiger partial charge in [0.25, 0.3) is 0 Å². The largest absolute Gasteiger partial charge is 0.508 e. The lowest BCUT2D eigenvalue weighted by atomic mass is 9.95. The summed E-state index contributed by atoms with van der Waals surface area (Å²) < 4.78 is 58.7. The molecule has 4 heterocycles. The lowest BCUT2D eigenvalue weighted by Crippen LogP contribution is -2.41. The number of aromatic nitrogens is 3. The Balaban J connectivity index is 1.25. The van der Waals surface area contributed by atoms with E-state index in [9.17, 15) is 13.9 Å². The Labute approximate surface area is 282 Å². The number of aromatic hydroxyl groups is 1. The van der Waals surface area contributed by atoms with E-state index in [0.29, 0.717) is 43.9 Å². The van der Waals surface area contributed by atoms with Crippen LogP contribution in [-0.4, -0.2) is 82.6 Å². The molecule has 9 nitrogen and oxygen atoms in total. The smallest absolute Gasteiger partial charge is 0.319 e. The van der Waals surface area contributed by atoms with Crippen LogP contribution in [0.4, 0.5) is 19.0 Å². The van der Waals surface area contributed by atoms with Gasteiger partial charge in [0.05, 0.1) is 18.8 Å². The minimum Gasteiger partial charge on any atom is -0.508 e. The van der Waals surface area contributed by atoms with Crippen LogP contribution in [0, 0.1) is 35.3 Å². The van der Waals surface area contributed by atoms with Crippen molar-refractivity contribution < 1.29 is 27.8 Å². The highest BCUT2D eigenvalue weighted by Crippen LogP contribution is 2.47. The van der Waals surface area contributed by atoms with Crippen LogP contribution in [0.2, 0.25) is 0 Å². The zero-order chi connectivity index (χ0) is 33.9. The van der Waals surface area contributed by atoms with Crippen LogP contribution in [0.3, 0.4) is 0 Å². The van der Waals surface area contributed by atoms with Gasteiger partial charge in [-0.1, -0.05) is 18.9 Å². The van der Waals surface area contributed by atoms with Crippen molar-refractivity contribution in [2.75, 3.05) is 44.7 Å². The summed E-state index contributed by atoms with van der Waals surface area (Å²) in [6.45, 7) is 5.26. The average Bonchev–Trinajstić information content (AvgIpc) is 4.02. The fourth-order valence-electron chi connectivity index (χ4n) is 7.37. The summed E-state index contributed by atoms with van der Waals surface area (Å²) in [5.74, 6) is 1.43. The Hall–Kier alpha value is -4.34. The molecule has 49 heavy (non-hydrogen) atoms. The summed E-state index contributed by atoms with van der Waals surface area (Å²) in [5, 5.41) is 18.7.